The normalized spacial score (nSPS) is 24.5. The number of hydrogen-bond donors (Lipinski definition) is 1. The minimum Gasteiger partial charge on any atom is -0.481 e. The Hall–Kier alpha value is -4.31. The summed E-state index contributed by atoms with van der Waals surface area (Å²) in [5.41, 5.74) is -2.73. The molecule has 51 heavy (non-hydrogen) atoms. The number of alkyl halides is 6. The van der Waals surface area contributed by atoms with Crippen LogP contribution in [0.5, 0.6) is 0 Å². The number of rotatable bonds is 9. The van der Waals surface area contributed by atoms with E-state index in [4.69, 9.17) is 4.74 Å². The molecule has 1 aliphatic carbocycles. The minimum atomic E-state index is -5.03. The Labute approximate surface area is 291 Å². The van der Waals surface area contributed by atoms with Gasteiger partial charge in [0.05, 0.1) is 35.1 Å². The van der Waals surface area contributed by atoms with Gasteiger partial charge in [0.1, 0.15) is 6.10 Å². The van der Waals surface area contributed by atoms with Gasteiger partial charge in [0.2, 0.25) is 5.95 Å². The largest absolute Gasteiger partial charge is 0.481 e. The van der Waals surface area contributed by atoms with Gasteiger partial charge in [0.25, 0.3) is 0 Å². The Morgan fingerprint density at radius 1 is 0.902 bits per heavy atom. The number of ether oxygens (including phenoxy) is 1. The van der Waals surface area contributed by atoms with Crippen LogP contribution in [0, 0.1) is 5.92 Å². The number of likely N-dealkylation sites (tertiary alicyclic amines) is 1. The highest BCUT2D eigenvalue weighted by atomic mass is 19.4. The van der Waals surface area contributed by atoms with Crippen molar-refractivity contribution in [2.24, 2.45) is 5.92 Å². The van der Waals surface area contributed by atoms with Gasteiger partial charge in [-0.3, -0.25) is 9.69 Å². The maximum atomic E-state index is 13.8. The van der Waals surface area contributed by atoms with E-state index in [1.807, 2.05) is 13.8 Å². The second-order valence-electron chi connectivity index (χ2n) is 13.5. The summed E-state index contributed by atoms with van der Waals surface area (Å²) in [4.78, 5) is 52.7. The quantitative estimate of drug-likeness (QED) is 0.270. The molecule has 0 radical (unpaired) electrons. The maximum Gasteiger partial charge on any atom is 0.416 e. The predicted molar refractivity (Wildman–Crippen MR) is 173 cm³/mol. The van der Waals surface area contributed by atoms with Crippen molar-refractivity contribution in [1.29, 1.82) is 0 Å². The highest BCUT2D eigenvalue weighted by molar-refractivity contribution is 5.93. The van der Waals surface area contributed by atoms with Crippen molar-refractivity contribution in [3.8, 4) is 0 Å². The smallest absolute Gasteiger partial charge is 0.416 e. The lowest BCUT2D eigenvalue weighted by Crippen LogP contribution is -2.57. The summed E-state index contributed by atoms with van der Waals surface area (Å²) in [5, 5.41) is 9.32. The van der Waals surface area contributed by atoms with E-state index in [1.165, 1.54) is 22.2 Å². The van der Waals surface area contributed by atoms with Crippen molar-refractivity contribution in [2.45, 2.75) is 108 Å². The first-order valence-corrected chi connectivity index (χ1v) is 17.1. The van der Waals surface area contributed by atoms with Crippen LogP contribution in [0.2, 0.25) is 0 Å². The molecule has 3 atom stereocenters. The summed E-state index contributed by atoms with van der Waals surface area (Å²) in [5.74, 6) is -1.31. The van der Waals surface area contributed by atoms with Crippen LogP contribution < -0.4 is 9.80 Å². The number of nitrogens with zero attached hydrogens (tertiary/aromatic N) is 6. The van der Waals surface area contributed by atoms with E-state index in [2.05, 4.69) is 9.97 Å². The number of likely N-dealkylation sites (N-methyl/N-ethyl adjacent to an activating group) is 1. The number of piperidine rings is 1. The lowest BCUT2D eigenvalue weighted by atomic mass is 9.87. The summed E-state index contributed by atoms with van der Waals surface area (Å²) < 4.78 is 88.8. The average molecular weight is 729 g/mol. The molecule has 1 aromatic heterocycles. The van der Waals surface area contributed by atoms with Crippen LogP contribution in [-0.4, -0.2) is 87.3 Å². The number of aromatic nitrogens is 2. The first-order chi connectivity index (χ1) is 24.0. The molecule has 1 N–H and O–H groups in total. The van der Waals surface area contributed by atoms with Crippen LogP contribution in [0.4, 0.5) is 47.6 Å². The number of carbonyl (C=O) groups excluding carboxylic acids is 2. The molecule has 1 saturated carbocycles. The molecule has 17 heteroatoms. The van der Waals surface area contributed by atoms with Crippen molar-refractivity contribution in [2.75, 3.05) is 29.9 Å². The average Bonchev–Trinajstić information content (AvgIpc) is 3.42. The van der Waals surface area contributed by atoms with Gasteiger partial charge in [-0.05, 0) is 75.1 Å². The standard InChI is InChI=1S/C34H42F6N6O5/c1-4-24-15-26(16-25(5-2)46(24)32(50)51-28-8-6-21(7-9-28)29(47)48)45(30-41-17-27(18-42-30)44-11-10-43(3)31(44)49)19-20-12-22(33(35,36)37)14-23(13-20)34(38,39)40/h12-14,17-18,21,24-26,28H,4-11,15-16,19H2,1-3H3,(H,47,48)/t21?,24-,25+,26?,28?. The molecule has 1 aromatic carbocycles. The lowest BCUT2D eigenvalue weighted by Gasteiger charge is -2.47. The van der Waals surface area contributed by atoms with Gasteiger partial charge in [-0.25, -0.2) is 19.6 Å². The molecule has 280 valence electrons. The number of carbonyl (C=O) groups is 3. The zero-order chi connectivity index (χ0) is 37.2. The third kappa shape index (κ3) is 8.60. The molecular formula is C34H42F6N6O5. The van der Waals surface area contributed by atoms with Crippen LogP contribution in [0.15, 0.2) is 30.6 Å². The van der Waals surface area contributed by atoms with Gasteiger partial charge < -0.3 is 24.5 Å². The summed E-state index contributed by atoms with van der Waals surface area (Å²) >= 11 is 0. The first kappa shape index (κ1) is 37.9. The van der Waals surface area contributed by atoms with Crippen LogP contribution in [-0.2, 0) is 28.4 Å². The summed E-state index contributed by atoms with van der Waals surface area (Å²) in [6, 6.07) is -0.110. The highest BCUT2D eigenvalue weighted by Crippen LogP contribution is 2.39. The molecule has 3 fully saturated rings. The number of benzene rings is 1. The molecule has 2 aromatic rings. The first-order valence-electron chi connectivity index (χ1n) is 17.1. The molecule has 0 spiro atoms. The number of aliphatic carboxylic acids is 1. The Kier molecular flexibility index (Phi) is 11.2. The van der Waals surface area contributed by atoms with E-state index >= 15 is 0 Å². The summed E-state index contributed by atoms with van der Waals surface area (Å²) in [6.07, 6.45) is -5.06. The second-order valence-corrected chi connectivity index (χ2v) is 13.5. The number of hydrogen-bond acceptors (Lipinski definition) is 7. The maximum absolute atomic E-state index is 13.8. The molecule has 11 nitrogen and oxygen atoms in total. The zero-order valence-electron chi connectivity index (χ0n) is 28.6. The van der Waals surface area contributed by atoms with Gasteiger partial charge >= 0.3 is 30.4 Å². The Balaban J connectivity index is 1.45. The summed E-state index contributed by atoms with van der Waals surface area (Å²) in [7, 11) is 1.64. The van der Waals surface area contributed by atoms with Gasteiger partial charge in [0.15, 0.2) is 0 Å². The van der Waals surface area contributed by atoms with Gasteiger partial charge in [-0.15, -0.1) is 0 Å². The van der Waals surface area contributed by atoms with E-state index in [0.29, 0.717) is 82.3 Å². The van der Waals surface area contributed by atoms with Gasteiger partial charge in [-0.2, -0.15) is 26.3 Å². The third-order valence-electron chi connectivity index (χ3n) is 10.2. The van der Waals surface area contributed by atoms with Crippen molar-refractivity contribution in [3.63, 3.8) is 0 Å². The highest BCUT2D eigenvalue weighted by Gasteiger charge is 2.43. The van der Waals surface area contributed by atoms with Crippen molar-refractivity contribution in [1.82, 2.24) is 19.8 Å². The van der Waals surface area contributed by atoms with Crippen molar-refractivity contribution in [3.05, 3.63) is 47.3 Å². The monoisotopic (exact) mass is 728 g/mol. The Morgan fingerprint density at radius 2 is 1.45 bits per heavy atom. The van der Waals surface area contributed by atoms with E-state index in [0.717, 1.165) is 0 Å². The fourth-order valence-electron chi connectivity index (χ4n) is 7.32. The van der Waals surface area contributed by atoms with Crippen LogP contribution in [0.1, 0.15) is 81.9 Å². The zero-order valence-corrected chi connectivity index (χ0v) is 28.6. The number of carboxylic acids is 1. The van der Waals surface area contributed by atoms with E-state index in [9.17, 15) is 45.8 Å². The molecule has 3 aliphatic rings. The van der Waals surface area contributed by atoms with Crippen molar-refractivity contribution < 1.29 is 50.6 Å². The minimum absolute atomic E-state index is 0.0469. The fraction of sp³-hybridized carbons (Fsp3) is 0.618. The molecule has 0 bridgehead atoms. The molecule has 2 aliphatic heterocycles. The molecule has 1 unspecified atom stereocenters. The number of anilines is 2. The lowest BCUT2D eigenvalue weighted by molar-refractivity contribution is -0.144. The van der Waals surface area contributed by atoms with Gasteiger partial charge in [0, 0.05) is 44.8 Å². The van der Waals surface area contributed by atoms with E-state index in [-0.39, 0.29) is 23.6 Å². The molecule has 3 heterocycles. The molecule has 5 rings (SSSR count). The van der Waals surface area contributed by atoms with Crippen LogP contribution in [0.3, 0.4) is 0 Å². The number of carboxylic acid groups (broad SMARTS) is 1. The fourth-order valence-corrected chi connectivity index (χ4v) is 7.32. The van der Waals surface area contributed by atoms with E-state index in [1.54, 1.807) is 16.8 Å². The van der Waals surface area contributed by atoms with Crippen LogP contribution in [0.25, 0.3) is 0 Å². The third-order valence-corrected chi connectivity index (χ3v) is 10.2. The molecule has 2 saturated heterocycles. The Bertz CT molecular complexity index is 1520. The molecular weight excluding hydrogens is 686 g/mol. The Morgan fingerprint density at radius 3 is 1.90 bits per heavy atom. The SMILES string of the molecule is CC[C@@H]1CC(N(Cc2cc(C(F)(F)F)cc(C(F)(F)F)c2)c2ncc(N3CCN(C)C3=O)cn2)C[C@H](CC)N1C(=O)OC1CCC(C(=O)O)CC1. The van der Waals surface area contributed by atoms with E-state index < -0.39 is 72.2 Å². The number of amides is 3. The topological polar surface area (TPSA) is 119 Å². The number of halogens is 6. The number of urea groups is 1. The van der Waals surface area contributed by atoms with Crippen LogP contribution >= 0.6 is 0 Å². The van der Waals surface area contributed by atoms with Gasteiger partial charge in [-0.1, -0.05) is 13.8 Å². The molecule has 3 amide bonds. The summed E-state index contributed by atoms with van der Waals surface area (Å²) in [6.45, 7) is 4.22. The van der Waals surface area contributed by atoms with Crippen molar-refractivity contribution >= 4 is 29.7 Å². The second kappa shape index (κ2) is 15.1. The predicted octanol–water partition coefficient (Wildman–Crippen LogP) is 7.19.